The van der Waals surface area contributed by atoms with Gasteiger partial charge in [-0.2, -0.15) is 0 Å². The number of rotatable bonds is 3. The Labute approximate surface area is 232 Å². The summed E-state index contributed by atoms with van der Waals surface area (Å²) < 4.78 is 6.46. The number of nitrogens with zero attached hydrogens (tertiary/aromatic N) is 1. The Morgan fingerprint density at radius 2 is 1.74 bits per heavy atom. The Morgan fingerprint density at radius 3 is 2.69 bits per heavy atom. The van der Waals surface area contributed by atoms with Crippen LogP contribution in [-0.2, 0) is 12.8 Å². The number of hydrogen-bond donors (Lipinski definition) is 0. The second-order valence-corrected chi connectivity index (χ2v) is 12.6. The summed E-state index contributed by atoms with van der Waals surface area (Å²) in [6, 6.07) is 15.7. The molecular weight excluding hydrogens is 474 g/mol. The molecule has 3 aromatic rings. The summed E-state index contributed by atoms with van der Waals surface area (Å²) in [5.74, 6) is 2.31. The number of allylic oxidation sites excluding steroid dienone is 8. The van der Waals surface area contributed by atoms with Crippen molar-refractivity contribution in [1.82, 2.24) is 0 Å². The predicted molar refractivity (Wildman–Crippen MR) is 162 cm³/mol. The largest absolute Gasteiger partial charge is 0.460 e. The van der Waals surface area contributed by atoms with Gasteiger partial charge in [0.2, 0.25) is 0 Å². The molecule has 0 aliphatic heterocycles. The van der Waals surface area contributed by atoms with Crippen molar-refractivity contribution in [2.75, 3.05) is 4.90 Å². The SMILES string of the molecule is CC1(C)C2=C(C=CCC2)C2CCC(N(C3=CCCc4ccccc43)c3cccc4oc5c(c34)C=CCC5)=CC21. The normalized spacial score (nSPS) is 24.6. The number of benzene rings is 2. The summed E-state index contributed by atoms with van der Waals surface area (Å²) in [4.78, 5) is 2.64. The van der Waals surface area contributed by atoms with Crippen LogP contribution in [0.4, 0.5) is 5.69 Å². The maximum absolute atomic E-state index is 6.46. The standard InChI is InChI=1S/C37H37NO/c1-37(2)30-16-7-5-14-27(30)28-22-21-25(23-31(28)37)38(32-17-9-12-24-11-3-4-13-26(24)32)33-18-10-20-35-36(33)29-15-6-8-19-34(29)39-35/h3-6,10-11,13-15,17-18,20,23,28,31H,7-9,12,16,19,21-22H2,1-2H3. The fourth-order valence-corrected chi connectivity index (χ4v) is 8.34. The average Bonchev–Trinajstić information content (AvgIpc) is 3.47. The highest BCUT2D eigenvalue weighted by Crippen LogP contribution is 2.58. The molecule has 5 aliphatic carbocycles. The van der Waals surface area contributed by atoms with Crippen LogP contribution in [0.3, 0.4) is 0 Å². The van der Waals surface area contributed by atoms with E-state index in [4.69, 9.17) is 4.42 Å². The number of furan rings is 1. The van der Waals surface area contributed by atoms with Crippen LogP contribution in [0.1, 0.15) is 74.8 Å². The lowest BCUT2D eigenvalue weighted by Gasteiger charge is -2.40. The lowest BCUT2D eigenvalue weighted by Crippen LogP contribution is -2.32. The molecule has 0 saturated heterocycles. The third kappa shape index (κ3) is 3.46. The van der Waals surface area contributed by atoms with E-state index in [2.05, 4.69) is 97.7 Å². The van der Waals surface area contributed by atoms with Crippen LogP contribution in [0.5, 0.6) is 0 Å². The molecule has 5 aliphatic rings. The first-order valence-corrected chi connectivity index (χ1v) is 15.0. The Bertz CT molecular complexity index is 1650. The summed E-state index contributed by atoms with van der Waals surface area (Å²) >= 11 is 0. The van der Waals surface area contributed by atoms with Gasteiger partial charge in [-0.15, -0.1) is 0 Å². The van der Waals surface area contributed by atoms with E-state index in [0.29, 0.717) is 11.8 Å². The van der Waals surface area contributed by atoms with Gasteiger partial charge < -0.3 is 9.32 Å². The van der Waals surface area contributed by atoms with Crippen LogP contribution in [0.15, 0.2) is 94.1 Å². The lowest BCUT2D eigenvalue weighted by molar-refractivity contribution is 0.266. The van der Waals surface area contributed by atoms with E-state index in [9.17, 15) is 0 Å². The number of fused-ring (bicyclic) bond motifs is 6. The Hall–Kier alpha value is -3.52. The molecule has 2 heteroatoms. The van der Waals surface area contributed by atoms with Crippen LogP contribution in [0.2, 0.25) is 0 Å². The smallest absolute Gasteiger partial charge is 0.137 e. The molecule has 196 valence electrons. The third-order valence-electron chi connectivity index (χ3n) is 10.2. The van der Waals surface area contributed by atoms with Crippen molar-refractivity contribution in [2.45, 2.75) is 65.2 Å². The molecule has 1 heterocycles. The summed E-state index contributed by atoms with van der Waals surface area (Å²) in [5.41, 5.74) is 12.8. The highest BCUT2D eigenvalue weighted by molar-refractivity contribution is 6.03. The van der Waals surface area contributed by atoms with Crippen LogP contribution in [0.25, 0.3) is 22.7 Å². The fraction of sp³-hybridized carbons (Fsp3) is 0.351. The van der Waals surface area contributed by atoms with Gasteiger partial charge in [-0.05, 0) is 85.5 Å². The molecule has 0 fully saturated rings. The van der Waals surface area contributed by atoms with Gasteiger partial charge in [0.1, 0.15) is 11.3 Å². The van der Waals surface area contributed by atoms with Gasteiger partial charge in [0, 0.05) is 28.9 Å². The molecule has 0 spiro atoms. The van der Waals surface area contributed by atoms with Crippen molar-refractivity contribution in [3.05, 3.63) is 112 Å². The lowest BCUT2D eigenvalue weighted by atomic mass is 9.70. The van der Waals surface area contributed by atoms with Crippen LogP contribution < -0.4 is 4.90 Å². The van der Waals surface area contributed by atoms with Crippen molar-refractivity contribution in [3.63, 3.8) is 0 Å². The Morgan fingerprint density at radius 1 is 0.872 bits per heavy atom. The number of aryl methyl sites for hydroxylation is 2. The minimum absolute atomic E-state index is 0.199. The van der Waals surface area contributed by atoms with E-state index in [1.807, 2.05) is 0 Å². The van der Waals surface area contributed by atoms with Gasteiger partial charge >= 0.3 is 0 Å². The fourth-order valence-electron chi connectivity index (χ4n) is 8.34. The maximum atomic E-state index is 6.46. The van der Waals surface area contributed by atoms with Crippen molar-refractivity contribution < 1.29 is 4.42 Å². The molecule has 2 atom stereocenters. The Balaban J connectivity index is 1.33. The van der Waals surface area contributed by atoms with E-state index in [1.165, 1.54) is 58.4 Å². The summed E-state index contributed by atoms with van der Waals surface area (Å²) in [6.45, 7) is 5.01. The molecule has 2 aromatic carbocycles. The minimum atomic E-state index is 0.199. The van der Waals surface area contributed by atoms with E-state index < -0.39 is 0 Å². The zero-order valence-corrected chi connectivity index (χ0v) is 23.2. The molecule has 2 unspecified atom stereocenters. The van der Waals surface area contributed by atoms with E-state index in [1.54, 1.807) is 11.1 Å². The Kier molecular flexibility index (Phi) is 5.24. The number of anilines is 1. The average molecular weight is 512 g/mol. The van der Waals surface area contributed by atoms with Crippen molar-refractivity contribution >= 4 is 28.4 Å². The van der Waals surface area contributed by atoms with Crippen LogP contribution in [0, 0.1) is 17.3 Å². The van der Waals surface area contributed by atoms with Gasteiger partial charge in [-0.3, -0.25) is 0 Å². The summed E-state index contributed by atoms with van der Waals surface area (Å²) in [7, 11) is 0. The molecule has 0 radical (unpaired) electrons. The molecule has 1 aromatic heterocycles. The maximum Gasteiger partial charge on any atom is 0.137 e. The molecule has 0 saturated carbocycles. The van der Waals surface area contributed by atoms with Crippen molar-refractivity contribution in [2.24, 2.45) is 17.3 Å². The highest BCUT2D eigenvalue weighted by atomic mass is 16.3. The molecule has 0 bridgehead atoms. The first-order valence-electron chi connectivity index (χ1n) is 15.0. The van der Waals surface area contributed by atoms with Gasteiger partial charge in [0.05, 0.1) is 11.1 Å². The molecule has 39 heavy (non-hydrogen) atoms. The van der Waals surface area contributed by atoms with E-state index >= 15 is 0 Å². The second-order valence-electron chi connectivity index (χ2n) is 12.6. The molecular formula is C37H37NO. The zero-order valence-electron chi connectivity index (χ0n) is 23.2. The van der Waals surface area contributed by atoms with Crippen LogP contribution in [-0.4, -0.2) is 0 Å². The highest BCUT2D eigenvalue weighted by Gasteiger charge is 2.48. The van der Waals surface area contributed by atoms with Gasteiger partial charge in [0.25, 0.3) is 0 Å². The monoisotopic (exact) mass is 511 g/mol. The topological polar surface area (TPSA) is 16.4 Å². The second kappa shape index (κ2) is 8.74. The summed E-state index contributed by atoms with van der Waals surface area (Å²) in [6.07, 6.45) is 23.6. The molecule has 2 nitrogen and oxygen atoms in total. The van der Waals surface area contributed by atoms with Crippen molar-refractivity contribution in [3.8, 4) is 0 Å². The first-order chi connectivity index (χ1) is 19.1. The zero-order chi connectivity index (χ0) is 26.1. The minimum Gasteiger partial charge on any atom is -0.460 e. The quantitative estimate of drug-likeness (QED) is 0.348. The van der Waals surface area contributed by atoms with Gasteiger partial charge in [0.15, 0.2) is 0 Å². The van der Waals surface area contributed by atoms with Crippen LogP contribution >= 0.6 is 0 Å². The van der Waals surface area contributed by atoms with E-state index in [-0.39, 0.29) is 5.41 Å². The van der Waals surface area contributed by atoms with Crippen molar-refractivity contribution in [1.29, 1.82) is 0 Å². The number of hydrogen-bond acceptors (Lipinski definition) is 2. The predicted octanol–water partition coefficient (Wildman–Crippen LogP) is 9.78. The summed E-state index contributed by atoms with van der Waals surface area (Å²) in [5, 5.41) is 1.27. The molecule has 0 amide bonds. The molecule has 8 rings (SSSR count). The van der Waals surface area contributed by atoms with Gasteiger partial charge in [-0.1, -0.05) is 86.2 Å². The first kappa shape index (κ1) is 23.4. The third-order valence-corrected chi connectivity index (χ3v) is 10.2. The van der Waals surface area contributed by atoms with E-state index in [0.717, 1.165) is 43.4 Å². The molecule has 0 N–H and O–H groups in total. The van der Waals surface area contributed by atoms with Gasteiger partial charge in [-0.25, -0.2) is 0 Å².